The number of para-hydroxylation sites is 2. The van der Waals surface area contributed by atoms with Crippen molar-refractivity contribution in [1.29, 1.82) is 0 Å². The summed E-state index contributed by atoms with van der Waals surface area (Å²) >= 11 is 0. The SMILES string of the molecule is c1ccc(-c2cc(-c3ccccc3)nc(-c3ccc4c5c(cccc35)-c3cccc(-n5c6ccccc6c6cc7ccccc7cc65)c3O4)n2)cc1. The van der Waals surface area contributed by atoms with Crippen LogP contribution in [0, 0.1) is 0 Å². The second-order valence-corrected chi connectivity index (χ2v) is 13.4. The molecule has 0 aliphatic carbocycles. The highest BCUT2D eigenvalue weighted by atomic mass is 16.5. The van der Waals surface area contributed by atoms with Crippen molar-refractivity contribution in [3.63, 3.8) is 0 Å². The van der Waals surface area contributed by atoms with Gasteiger partial charge >= 0.3 is 0 Å². The molecule has 0 amide bonds. The molecule has 0 saturated carbocycles. The lowest BCUT2D eigenvalue weighted by atomic mass is 9.91. The van der Waals surface area contributed by atoms with E-state index in [-0.39, 0.29) is 0 Å². The Kier molecular flexibility index (Phi) is 6.22. The number of aromatic nitrogens is 3. The fraction of sp³-hybridized carbons (Fsp3) is 0. The molecule has 52 heavy (non-hydrogen) atoms. The van der Waals surface area contributed by atoms with Gasteiger partial charge in [0.25, 0.3) is 0 Å². The molecule has 0 spiro atoms. The minimum Gasteiger partial charge on any atom is -0.454 e. The van der Waals surface area contributed by atoms with Gasteiger partial charge in [-0.25, -0.2) is 9.97 Å². The van der Waals surface area contributed by atoms with Crippen molar-refractivity contribution in [3.05, 3.63) is 176 Å². The number of rotatable bonds is 4. The minimum atomic E-state index is 0.681. The highest BCUT2D eigenvalue weighted by molar-refractivity contribution is 6.15. The van der Waals surface area contributed by atoms with Crippen LogP contribution in [0.15, 0.2) is 176 Å². The molecule has 8 aromatic carbocycles. The van der Waals surface area contributed by atoms with Gasteiger partial charge in [-0.3, -0.25) is 0 Å². The monoisotopic (exact) mass is 663 g/mol. The third-order valence-electron chi connectivity index (χ3n) is 10.4. The van der Waals surface area contributed by atoms with Gasteiger partial charge in [-0.15, -0.1) is 0 Å². The summed E-state index contributed by atoms with van der Waals surface area (Å²) in [5.41, 5.74) is 10.3. The highest BCUT2D eigenvalue weighted by Gasteiger charge is 2.26. The van der Waals surface area contributed by atoms with E-state index in [9.17, 15) is 0 Å². The quantitative estimate of drug-likeness (QED) is 0.188. The second kappa shape index (κ2) is 11.2. The maximum atomic E-state index is 7.01. The summed E-state index contributed by atoms with van der Waals surface area (Å²) in [7, 11) is 0. The molecule has 0 saturated heterocycles. The Morgan fingerprint density at radius 2 is 1.06 bits per heavy atom. The first-order valence-corrected chi connectivity index (χ1v) is 17.6. The van der Waals surface area contributed by atoms with Crippen molar-refractivity contribution in [3.8, 4) is 62.2 Å². The van der Waals surface area contributed by atoms with E-state index in [2.05, 4.69) is 144 Å². The Morgan fingerprint density at radius 3 is 1.83 bits per heavy atom. The highest BCUT2D eigenvalue weighted by Crippen LogP contribution is 2.51. The van der Waals surface area contributed by atoms with Crippen molar-refractivity contribution in [1.82, 2.24) is 14.5 Å². The van der Waals surface area contributed by atoms with Crippen molar-refractivity contribution in [2.24, 2.45) is 0 Å². The molecule has 3 heterocycles. The predicted octanol–water partition coefficient (Wildman–Crippen LogP) is 12.7. The molecule has 1 aliphatic heterocycles. The first-order valence-electron chi connectivity index (χ1n) is 17.6. The Balaban J connectivity index is 1.13. The van der Waals surface area contributed by atoms with E-state index in [0.717, 1.165) is 78.2 Å². The molecule has 2 aromatic heterocycles. The molecular formula is C48H29N3O. The number of benzene rings is 8. The molecule has 0 atom stereocenters. The third kappa shape index (κ3) is 4.34. The second-order valence-electron chi connectivity index (χ2n) is 13.4. The normalized spacial score (nSPS) is 12.0. The van der Waals surface area contributed by atoms with Crippen LogP contribution in [0.4, 0.5) is 0 Å². The smallest absolute Gasteiger partial charge is 0.161 e. The van der Waals surface area contributed by atoms with Crippen LogP contribution in [0.25, 0.3) is 94.1 Å². The van der Waals surface area contributed by atoms with Crippen molar-refractivity contribution in [2.45, 2.75) is 0 Å². The Bertz CT molecular complexity index is 2980. The van der Waals surface area contributed by atoms with Gasteiger partial charge in [0, 0.05) is 38.4 Å². The zero-order chi connectivity index (χ0) is 34.2. The van der Waals surface area contributed by atoms with Crippen molar-refractivity contribution < 1.29 is 4.74 Å². The van der Waals surface area contributed by atoms with Gasteiger partial charge in [0.1, 0.15) is 5.75 Å². The molecule has 0 radical (unpaired) electrons. The van der Waals surface area contributed by atoms with Crippen LogP contribution in [0.1, 0.15) is 0 Å². The largest absolute Gasteiger partial charge is 0.454 e. The Morgan fingerprint density at radius 1 is 0.423 bits per heavy atom. The fourth-order valence-electron chi connectivity index (χ4n) is 8.01. The summed E-state index contributed by atoms with van der Waals surface area (Å²) in [4.78, 5) is 10.3. The van der Waals surface area contributed by atoms with Gasteiger partial charge < -0.3 is 9.30 Å². The summed E-state index contributed by atoms with van der Waals surface area (Å²) in [5, 5.41) is 7.00. The molecule has 1 aliphatic rings. The van der Waals surface area contributed by atoms with E-state index < -0.39 is 0 Å². The third-order valence-corrected chi connectivity index (χ3v) is 10.4. The summed E-state index contributed by atoms with van der Waals surface area (Å²) in [6, 6.07) is 61.8. The van der Waals surface area contributed by atoms with Crippen LogP contribution in [0.5, 0.6) is 11.5 Å². The van der Waals surface area contributed by atoms with Crippen LogP contribution in [-0.2, 0) is 0 Å². The Hall–Kier alpha value is -7.04. The average molecular weight is 664 g/mol. The lowest BCUT2D eigenvalue weighted by molar-refractivity contribution is 0.485. The molecular weight excluding hydrogens is 635 g/mol. The van der Waals surface area contributed by atoms with E-state index in [1.54, 1.807) is 0 Å². The summed E-state index contributed by atoms with van der Waals surface area (Å²) in [6.07, 6.45) is 0. The van der Waals surface area contributed by atoms with Gasteiger partial charge in [0.2, 0.25) is 0 Å². The standard InChI is InChI=1S/C48H29N3O/c1-3-13-30(14-4-1)40-29-41(31-15-5-2-6-16-31)50-48(49-40)38-25-26-45-46-35(20-11-21-36(38)46)37-22-12-24-43(47(37)52-45)51-42-23-10-9-19-34(42)39-27-32-17-7-8-18-33(32)28-44(39)51/h1-29H. The lowest BCUT2D eigenvalue weighted by Gasteiger charge is -2.25. The maximum absolute atomic E-state index is 7.01. The predicted molar refractivity (Wildman–Crippen MR) is 213 cm³/mol. The fourth-order valence-corrected chi connectivity index (χ4v) is 8.01. The molecule has 242 valence electrons. The van der Waals surface area contributed by atoms with E-state index >= 15 is 0 Å². The zero-order valence-electron chi connectivity index (χ0n) is 28.0. The number of hydrogen-bond donors (Lipinski definition) is 0. The van der Waals surface area contributed by atoms with Gasteiger partial charge in [0.05, 0.1) is 28.1 Å². The van der Waals surface area contributed by atoms with Gasteiger partial charge in [-0.1, -0.05) is 133 Å². The van der Waals surface area contributed by atoms with Crippen LogP contribution < -0.4 is 4.74 Å². The molecule has 4 heteroatoms. The minimum absolute atomic E-state index is 0.681. The number of hydrogen-bond acceptors (Lipinski definition) is 3. The van der Waals surface area contributed by atoms with Crippen LogP contribution in [0.3, 0.4) is 0 Å². The van der Waals surface area contributed by atoms with Crippen LogP contribution in [-0.4, -0.2) is 14.5 Å². The summed E-state index contributed by atoms with van der Waals surface area (Å²) in [6.45, 7) is 0. The molecule has 10 aromatic rings. The van der Waals surface area contributed by atoms with Gasteiger partial charge in [0.15, 0.2) is 11.6 Å². The number of fused-ring (bicyclic) bond motifs is 6. The number of ether oxygens (including phenoxy) is 1. The first kappa shape index (κ1) is 28.8. The molecule has 11 rings (SSSR count). The molecule has 0 N–H and O–H groups in total. The van der Waals surface area contributed by atoms with Crippen LogP contribution >= 0.6 is 0 Å². The molecule has 4 nitrogen and oxygen atoms in total. The first-order chi connectivity index (χ1) is 25.8. The summed E-state index contributed by atoms with van der Waals surface area (Å²) < 4.78 is 9.37. The Labute approximate surface area is 299 Å². The zero-order valence-corrected chi connectivity index (χ0v) is 28.0. The van der Waals surface area contributed by atoms with Crippen LogP contribution in [0.2, 0.25) is 0 Å². The molecule has 0 bridgehead atoms. The summed E-state index contributed by atoms with van der Waals surface area (Å²) in [5.74, 6) is 2.35. The average Bonchev–Trinajstić information content (AvgIpc) is 3.53. The number of nitrogens with zero attached hydrogens (tertiary/aromatic N) is 3. The molecule has 0 fully saturated rings. The maximum Gasteiger partial charge on any atom is 0.161 e. The van der Waals surface area contributed by atoms with E-state index in [1.807, 2.05) is 36.4 Å². The lowest BCUT2D eigenvalue weighted by Crippen LogP contribution is -2.04. The van der Waals surface area contributed by atoms with Gasteiger partial charge in [-0.2, -0.15) is 0 Å². The van der Waals surface area contributed by atoms with Crippen molar-refractivity contribution >= 4 is 43.4 Å². The molecule has 0 unspecified atom stereocenters. The van der Waals surface area contributed by atoms with E-state index in [4.69, 9.17) is 14.7 Å². The van der Waals surface area contributed by atoms with E-state index in [0.29, 0.717) is 5.82 Å². The topological polar surface area (TPSA) is 39.9 Å². The van der Waals surface area contributed by atoms with E-state index in [1.165, 1.54) is 21.5 Å². The van der Waals surface area contributed by atoms with Gasteiger partial charge in [-0.05, 0) is 64.2 Å². The van der Waals surface area contributed by atoms with Crippen molar-refractivity contribution in [2.75, 3.05) is 0 Å².